The van der Waals surface area contributed by atoms with Crippen molar-refractivity contribution in [2.45, 2.75) is 114 Å². The molecular formula is C25H39NaO8. The van der Waals surface area contributed by atoms with Crippen molar-refractivity contribution < 1.29 is 73.5 Å². The zero-order chi connectivity index (χ0) is 26.4. The second-order valence-electron chi connectivity index (χ2n) is 11.6. The predicted molar refractivity (Wildman–Crippen MR) is 114 cm³/mol. The van der Waals surface area contributed by atoms with Crippen LogP contribution in [0.3, 0.4) is 0 Å². The second-order valence-corrected chi connectivity index (χ2v) is 11.6. The summed E-state index contributed by atoms with van der Waals surface area (Å²) in [4.78, 5) is 11.4. The summed E-state index contributed by atoms with van der Waals surface area (Å²) in [5.74, 6) is -0.991. The molecule has 1 aliphatic heterocycles. The van der Waals surface area contributed by atoms with Gasteiger partial charge in [0, 0.05) is 2.74 Å². The number of carboxylic acids is 1. The van der Waals surface area contributed by atoms with E-state index in [0.29, 0.717) is 18.3 Å². The first kappa shape index (κ1) is 23.4. The molecule has 5 rings (SSSR count). The quantitative estimate of drug-likeness (QED) is 0.313. The van der Waals surface area contributed by atoms with Gasteiger partial charge in [-0.3, -0.25) is 0 Å². The van der Waals surface area contributed by atoms with Crippen molar-refractivity contribution in [1.29, 1.82) is 0 Å². The minimum absolute atomic E-state index is 0. The molecule has 0 aromatic heterocycles. The Bertz CT molecular complexity index is 898. The summed E-state index contributed by atoms with van der Waals surface area (Å²) in [6.45, 7) is 4.16. The number of aliphatic carboxylic acids is 1. The van der Waals surface area contributed by atoms with Crippen LogP contribution in [-0.4, -0.2) is 69.3 Å². The fraction of sp³-hybridized carbons (Fsp3) is 0.960. The van der Waals surface area contributed by atoms with Crippen LogP contribution in [0, 0.1) is 34.5 Å². The molecule has 5 fully saturated rings. The Kier molecular flexibility index (Phi) is 6.76. The predicted octanol–water partition coefficient (Wildman–Crippen LogP) is -2.66. The number of rotatable bonds is 3. The summed E-state index contributed by atoms with van der Waals surface area (Å²) in [6, 6.07) is 0. The molecule has 0 aromatic carbocycles. The first-order valence-corrected chi connectivity index (χ1v) is 12.4. The van der Waals surface area contributed by atoms with Crippen molar-refractivity contribution in [3.8, 4) is 0 Å². The van der Waals surface area contributed by atoms with Gasteiger partial charge in [0.25, 0.3) is 0 Å². The Morgan fingerprint density at radius 2 is 1.68 bits per heavy atom. The van der Waals surface area contributed by atoms with Gasteiger partial charge in [0.1, 0.15) is 24.4 Å². The first-order valence-electron chi connectivity index (χ1n) is 13.9. The zero-order valence-corrected chi connectivity index (χ0v) is 22.4. The fourth-order valence-corrected chi connectivity index (χ4v) is 8.05. The van der Waals surface area contributed by atoms with Crippen LogP contribution in [-0.2, 0) is 14.3 Å². The van der Waals surface area contributed by atoms with Gasteiger partial charge in [0.05, 0.1) is 19.5 Å². The molecule has 13 atom stereocenters. The molecule has 1 saturated heterocycles. The smallest absolute Gasteiger partial charge is 0.547 e. The normalized spacial score (nSPS) is 59.8. The van der Waals surface area contributed by atoms with Crippen molar-refractivity contribution in [2.24, 2.45) is 34.5 Å². The van der Waals surface area contributed by atoms with E-state index in [4.69, 9.17) is 12.2 Å². The molecule has 34 heavy (non-hydrogen) atoms. The van der Waals surface area contributed by atoms with Crippen LogP contribution in [0.25, 0.3) is 0 Å². The molecule has 4 N–H and O–H groups in total. The van der Waals surface area contributed by atoms with Crippen molar-refractivity contribution in [1.82, 2.24) is 0 Å². The molecule has 8 nitrogen and oxygen atoms in total. The number of ether oxygens (including phenoxy) is 2. The zero-order valence-electron chi connectivity index (χ0n) is 23.4. The van der Waals surface area contributed by atoms with Gasteiger partial charge in [-0.05, 0) is 92.2 Å². The summed E-state index contributed by atoms with van der Waals surface area (Å²) in [5, 5.41) is 52.4. The first-order chi connectivity index (χ1) is 16.7. The van der Waals surface area contributed by atoms with E-state index in [9.17, 15) is 31.7 Å². The van der Waals surface area contributed by atoms with E-state index >= 15 is 0 Å². The molecule has 0 radical (unpaired) electrons. The molecule has 1 heterocycles. The van der Waals surface area contributed by atoms with Crippen molar-refractivity contribution in [3.05, 3.63) is 0 Å². The van der Waals surface area contributed by atoms with Crippen molar-refractivity contribution in [3.63, 3.8) is 0 Å². The van der Waals surface area contributed by atoms with Gasteiger partial charge in [-0.1, -0.05) is 13.8 Å². The third-order valence-corrected chi connectivity index (χ3v) is 10.1. The number of hydrogen-bond acceptors (Lipinski definition) is 8. The number of carboxylic acid groups (broad SMARTS) is 1. The van der Waals surface area contributed by atoms with Crippen molar-refractivity contribution >= 4 is 5.97 Å². The van der Waals surface area contributed by atoms with Gasteiger partial charge in [-0.15, -0.1) is 0 Å². The van der Waals surface area contributed by atoms with Crippen LogP contribution in [0.4, 0.5) is 0 Å². The van der Waals surface area contributed by atoms with Gasteiger partial charge in [-0.2, -0.15) is 0 Å². The molecule has 9 heteroatoms. The molecule has 5 aliphatic rings. The van der Waals surface area contributed by atoms with Crippen molar-refractivity contribution in [2.75, 3.05) is 0 Å². The monoisotopic (exact) mass is 493 g/mol. The van der Waals surface area contributed by atoms with E-state index < -0.39 is 54.5 Å². The molecule has 4 aliphatic carbocycles. The third kappa shape index (κ3) is 4.23. The SMILES string of the molecule is [2H]C1([2H])C[C@H]2[C@@H]3CC[C@H]4C[C@H](O)CC[C@]4(C)[C@H]3CC[C@]2(C)[C@@]1([2H])OC1O[C@H](C(=O)[O-])[C@@H](O)[C@H](O)[C@H]1O.[Na+]. The molecule has 188 valence electrons. The maximum absolute atomic E-state index is 11.4. The Balaban J connectivity index is 0.00000320. The van der Waals surface area contributed by atoms with Gasteiger partial charge >= 0.3 is 29.6 Å². The van der Waals surface area contributed by atoms with E-state index in [-0.39, 0.29) is 59.3 Å². The Morgan fingerprint density at radius 1 is 1.00 bits per heavy atom. The molecular weight excluding hydrogens is 451 g/mol. The van der Waals surface area contributed by atoms with Crippen LogP contribution >= 0.6 is 0 Å². The molecule has 0 amide bonds. The maximum Gasteiger partial charge on any atom is 1.00 e. The van der Waals surface area contributed by atoms with Gasteiger partial charge in [0.15, 0.2) is 6.29 Å². The Labute approximate surface area is 227 Å². The van der Waals surface area contributed by atoms with Gasteiger partial charge in [-0.25, -0.2) is 0 Å². The molecule has 0 aromatic rings. The Morgan fingerprint density at radius 3 is 2.38 bits per heavy atom. The number of carbonyl (C=O) groups excluding carboxylic acids is 1. The molecule has 1 unspecified atom stereocenters. The van der Waals surface area contributed by atoms with E-state index in [1.807, 2.05) is 6.92 Å². The molecule has 4 saturated carbocycles. The van der Waals surface area contributed by atoms with E-state index in [1.54, 1.807) is 0 Å². The van der Waals surface area contributed by atoms with E-state index in [2.05, 4.69) is 6.92 Å². The number of fused-ring (bicyclic) bond motifs is 5. The minimum Gasteiger partial charge on any atom is -0.547 e. The largest absolute Gasteiger partial charge is 1.00 e. The van der Waals surface area contributed by atoms with Gasteiger partial charge < -0.3 is 39.8 Å². The number of hydrogen-bond donors (Lipinski definition) is 4. The average molecular weight is 494 g/mol. The van der Waals surface area contributed by atoms with Crippen LogP contribution in [0.1, 0.15) is 75.7 Å². The topological polar surface area (TPSA) is 140 Å². The van der Waals surface area contributed by atoms with E-state index in [0.717, 1.165) is 38.5 Å². The van der Waals surface area contributed by atoms with Crippen LogP contribution in [0.2, 0.25) is 0 Å². The second kappa shape index (κ2) is 9.84. The summed E-state index contributed by atoms with van der Waals surface area (Å²) in [6.07, 6.45) is -8.35. The standard InChI is InChI=1S/C25H40O8.Na/c1-24-9-7-13(26)11-12(24)3-4-14-15-5-6-17(25(15,2)10-8-16(14)24)32-23-20(29)18(27)19(28)21(33-23)22(30)31;/h12-21,23,26-29H,3-11H2,1-2H3,(H,30,31);/q;+1/p-1/t12-,13+,14-,15-,16-,17-,18-,19-,20+,21-,23?,24-,25-;/m0./s1/i6D2,17D;. The summed E-state index contributed by atoms with van der Waals surface area (Å²) in [7, 11) is 0. The molecule has 0 bridgehead atoms. The van der Waals surface area contributed by atoms with Crippen LogP contribution < -0.4 is 34.7 Å². The fourth-order valence-electron chi connectivity index (χ4n) is 8.05. The van der Waals surface area contributed by atoms with Crippen LogP contribution in [0.15, 0.2) is 0 Å². The number of aliphatic hydroxyl groups is 4. The maximum atomic E-state index is 11.4. The minimum atomic E-state index is -2.18. The summed E-state index contributed by atoms with van der Waals surface area (Å²) >= 11 is 0. The number of carbonyl (C=O) groups is 1. The van der Waals surface area contributed by atoms with Gasteiger partial charge in [0.2, 0.25) is 0 Å². The third-order valence-electron chi connectivity index (χ3n) is 10.1. The van der Waals surface area contributed by atoms with Crippen LogP contribution in [0.5, 0.6) is 0 Å². The summed E-state index contributed by atoms with van der Waals surface area (Å²) < 4.78 is 38.2. The number of aliphatic hydroxyl groups excluding tert-OH is 4. The average Bonchev–Trinajstić information content (AvgIpc) is 2.96. The summed E-state index contributed by atoms with van der Waals surface area (Å²) in [5.41, 5.74) is -0.884. The van der Waals surface area contributed by atoms with E-state index in [1.165, 1.54) is 0 Å². The molecule has 0 spiro atoms. The Hall–Kier alpha value is 0.230.